The van der Waals surface area contributed by atoms with Gasteiger partial charge in [-0.25, -0.2) is 14.7 Å². The van der Waals surface area contributed by atoms with Gasteiger partial charge in [-0.2, -0.15) is 5.10 Å². The highest BCUT2D eigenvalue weighted by atomic mass is 15.3. The molecule has 21 heavy (non-hydrogen) atoms. The van der Waals surface area contributed by atoms with Crippen molar-refractivity contribution in [1.29, 1.82) is 0 Å². The van der Waals surface area contributed by atoms with Crippen molar-refractivity contribution in [2.45, 2.75) is 33.4 Å². The van der Waals surface area contributed by atoms with Gasteiger partial charge in [0.05, 0.1) is 12.2 Å². The molecule has 2 rings (SSSR count). The van der Waals surface area contributed by atoms with Gasteiger partial charge in [0.2, 0.25) is 0 Å². The molecule has 1 aromatic carbocycles. The van der Waals surface area contributed by atoms with E-state index in [1.54, 1.807) is 11.0 Å². The van der Waals surface area contributed by atoms with Gasteiger partial charge in [-0.3, -0.25) is 0 Å². The number of benzene rings is 1. The third kappa shape index (κ3) is 4.59. The number of nitrogens with one attached hydrogen (secondary N) is 2. The third-order valence-corrected chi connectivity index (χ3v) is 2.81. The van der Waals surface area contributed by atoms with Crippen LogP contribution in [-0.2, 0) is 6.54 Å². The molecular formula is C15H22N6. The number of guanidine groups is 1. The average Bonchev–Trinajstić information content (AvgIpc) is 2.99. The molecule has 0 spiro atoms. The molecule has 6 heteroatoms. The number of hydrogen-bond acceptors (Lipinski definition) is 3. The average molecular weight is 286 g/mol. The lowest BCUT2D eigenvalue weighted by atomic mass is 10.2. The standard InChI is InChI=1S/C15H22N6/c1-4-17-15(20-12(2)3)18-9-13-5-7-14(8-6-13)21-11-16-10-19-21/h5-8,10-12H,4,9H2,1-3H3,(H2,17,18,20). The zero-order valence-electron chi connectivity index (χ0n) is 12.7. The van der Waals surface area contributed by atoms with Crippen molar-refractivity contribution in [2.24, 2.45) is 4.99 Å². The molecule has 6 nitrogen and oxygen atoms in total. The van der Waals surface area contributed by atoms with E-state index in [-0.39, 0.29) is 0 Å². The van der Waals surface area contributed by atoms with Crippen LogP contribution < -0.4 is 10.6 Å². The van der Waals surface area contributed by atoms with Crippen LogP contribution in [0.15, 0.2) is 41.9 Å². The molecule has 0 saturated carbocycles. The number of aliphatic imine (C=N–C) groups is 1. The largest absolute Gasteiger partial charge is 0.357 e. The van der Waals surface area contributed by atoms with Gasteiger partial charge < -0.3 is 10.6 Å². The number of nitrogens with zero attached hydrogens (tertiary/aromatic N) is 4. The highest BCUT2D eigenvalue weighted by Crippen LogP contribution is 2.08. The Morgan fingerprint density at radius 1 is 1.29 bits per heavy atom. The fourth-order valence-corrected chi connectivity index (χ4v) is 1.86. The van der Waals surface area contributed by atoms with Crippen molar-refractivity contribution in [3.63, 3.8) is 0 Å². The van der Waals surface area contributed by atoms with E-state index in [0.717, 1.165) is 23.8 Å². The maximum atomic E-state index is 4.58. The van der Waals surface area contributed by atoms with Gasteiger partial charge in [0.25, 0.3) is 0 Å². The van der Waals surface area contributed by atoms with Crippen LogP contribution in [0.2, 0.25) is 0 Å². The Kier molecular flexibility index (Phi) is 5.31. The summed E-state index contributed by atoms with van der Waals surface area (Å²) in [4.78, 5) is 8.52. The SMILES string of the molecule is CCNC(=NCc1ccc(-n2cncn2)cc1)NC(C)C. The van der Waals surface area contributed by atoms with Gasteiger partial charge in [-0.05, 0) is 38.5 Å². The summed E-state index contributed by atoms with van der Waals surface area (Å²) < 4.78 is 1.73. The fraction of sp³-hybridized carbons (Fsp3) is 0.400. The van der Waals surface area contributed by atoms with Crippen molar-refractivity contribution in [3.05, 3.63) is 42.5 Å². The van der Waals surface area contributed by atoms with Crippen LogP contribution in [0.25, 0.3) is 5.69 Å². The number of rotatable bonds is 5. The predicted octanol–water partition coefficient (Wildman–Crippen LogP) is 1.73. The van der Waals surface area contributed by atoms with Gasteiger partial charge in [0.15, 0.2) is 5.96 Å². The van der Waals surface area contributed by atoms with Gasteiger partial charge in [-0.15, -0.1) is 0 Å². The summed E-state index contributed by atoms with van der Waals surface area (Å²) in [5.74, 6) is 0.841. The predicted molar refractivity (Wildman–Crippen MR) is 84.4 cm³/mol. The number of aromatic nitrogens is 3. The molecule has 1 aromatic heterocycles. The van der Waals surface area contributed by atoms with E-state index in [1.807, 2.05) is 12.1 Å². The molecule has 0 bridgehead atoms. The topological polar surface area (TPSA) is 67.1 Å². The molecule has 0 aliphatic heterocycles. The van der Waals surface area contributed by atoms with E-state index < -0.39 is 0 Å². The van der Waals surface area contributed by atoms with E-state index >= 15 is 0 Å². The summed E-state index contributed by atoms with van der Waals surface area (Å²) in [6.07, 6.45) is 3.21. The van der Waals surface area contributed by atoms with Crippen LogP contribution in [0, 0.1) is 0 Å². The van der Waals surface area contributed by atoms with Crippen molar-refractivity contribution in [2.75, 3.05) is 6.54 Å². The van der Waals surface area contributed by atoms with Crippen LogP contribution in [0.4, 0.5) is 0 Å². The highest BCUT2D eigenvalue weighted by molar-refractivity contribution is 5.79. The molecule has 112 valence electrons. The molecule has 0 unspecified atom stereocenters. The first-order chi connectivity index (χ1) is 10.2. The second-order valence-corrected chi connectivity index (χ2v) is 5.00. The van der Waals surface area contributed by atoms with Crippen LogP contribution in [0.1, 0.15) is 26.3 Å². The van der Waals surface area contributed by atoms with Crippen molar-refractivity contribution in [1.82, 2.24) is 25.4 Å². The van der Waals surface area contributed by atoms with Gasteiger partial charge >= 0.3 is 0 Å². The van der Waals surface area contributed by atoms with E-state index in [2.05, 4.69) is 58.6 Å². The highest BCUT2D eigenvalue weighted by Gasteiger charge is 2.00. The Hall–Kier alpha value is -2.37. The molecular weight excluding hydrogens is 264 g/mol. The Morgan fingerprint density at radius 3 is 2.62 bits per heavy atom. The molecule has 0 amide bonds. The molecule has 0 radical (unpaired) electrons. The number of hydrogen-bond donors (Lipinski definition) is 2. The Labute approximate surface area is 125 Å². The molecule has 0 aliphatic carbocycles. The first kappa shape index (κ1) is 15.0. The third-order valence-electron chi connectivity index (χ3n) is 2.81. The van der Waals surface area contributed by atoms with E-state index in [4.69, 9.17) is 0 Å². The molecule has 0 atom stereocenters. The quantitative estimate of drug-likeness (QED) is 0.649. The Bertz CT molecular complexity index is 556. The molecule has 0 aliphatic rings. The Morgan fingerprint density at radius 2 is 2.05 bits per heavy atom. The van der Waals surface area contributed by atoms with Gasteiger partial charge in [-0.1, -0.05) is 12.1 Å². The van der Waals surface area contributed by atoms with Crippen LogP contribution in [0.3, 0.4) is 0 Å². The summed E-state index contributed by atoms with van der Waals surface area (Å²) in [6, 6.07) is 8.50. The maximum Gasteiger partial charge on any atom is 0.191 e. The van der Waals surface area contributed by atoms with Crippen molar-refractivity contribution < 1.29 is 0 Å². The molecule has 1 heterocycles. The summed E-state index contributed by atoms with van der Waals surface area (Å²) in [5.41, 5.74) is 2.15. The Balaban J connectivity index is 2.02. The second kappa shape index (κ2) is 7.42. The lowest BCUT2D eigenvalue weighted by molar-refractivity contribution is 0.700. The summed E-state index contributed by atoms with van der Waals surface area (Å²) >= 11 is 0. The second-order valence-electron chi connectivity index (χ2n) is 5.00. The van der Waals surface area contributed by atoms with Crippen molar-refractivity contribution in [3.8, 4) is 5.69 Å². The van der Waals surface area contributed by atoms with Crippen LogP contribution in [0.5, 0.6) is 0 Å². The fourth-order valence-electron chi connectivity index (χ4n) is 1.86. The molecule has 2 aromatic rings. The van der Waals surface area contributed by atoms with Gasteiger partial charge in [0.1, 0.15) is 12.7 Å². The minimum Gasteiger partial charge on any atom is -0.357 e. The maximum absolute atomic E-state index is 4.58. The first-order valence-corrected chi connectivity index (χ1v) is 7.18. The first-order valence-electron chi connectivity index (χ1n) is 7.18. The molecule has 0 saturated heterocycles. The lowest BCUT2D eigenvalue weighted by Gasteiger charge is -2.13. The molecule has 0 fully saturated rings. The summed E-state index contributed by atoms with van der Waals surface area (Å²) in [6.45, 7) is 7.74. The van der Waals surface area contributed by atoms with Crippen molar-refractivity contribution >= 4 is 5.96 Å². The molecule has 2 N–H and O–H groups in total. The van der Waals surface area contributed by atoms with Gasteiger partial charge in [0, 0.05) is 12.6 Å². The zero-order valence-corrected chi connectivity index (χ0v) is 12.7. The van der Waals surface area contributed by atoms with Crippen LogP contribution in [-0.4, -0.2) is 33.3 Å². The van der Waals surface area contributed by atoms with E-state index in [0.29, 0.717) is 12.6 Å². The summed E-state index contributed by atoms with van der Waals surface area (Å²) in [7, 11) is 0. The minimum absolute atomic E-state index is 0.359. The van der Waals surface area contributed by atoms with E-state index in [1.165, 1.54) is 6.33 Å². The lowest BCUT2D eigenvalue weighted by Crippen LogP contribution is -2.40. The zero-order chi connectivity index (χ0) is 15.1. The van der Waals surface area contributed by atoms with E-state index in [9.17, 15) is 0 Å². The minimum atomic E-state index is 0.359. The normalized spacial score (nSPS) is 11.7. The summed E-state index contributed by atoms with van der Waals surface area (Å²) in [5, 5.41) is 10.6. The van der Waals surface area contributed by atoms with Crippen LogP contribution >= 0.6 is 0 Å². The smallest absolute Gasteiger partial charge is 0.191 e. The monoisotopic (exact) mass is 286 g/mol.